The van der Waals surface area contributed by atoms with E-state index in [0.717, 1.165) is 12.8 Å². The summed E-state index contributed by atoms with van der Waals surface area (Å²) >= 11 is 0. The molecule has 2 aromatic rings. The molecule has 0 fully saturated rings. The summed E-state index contributed by atoms with van der Waals surface area (Å²) in [6.45, 7) is 3.77. The smallest absolute Gasteiger partial charge is 0.382 e. The van der Waals surface area contributed by atoms with Gasteiger partial charge in [-0.1, -0.05) is 103 Å². The summed E-state index contributed by atoms with van der Waals surface area (Å²) in [7, 11) is -9.00. The predicted octanol–water partition coefficient (Wildman–Crippen LogP) is 7.56. The van der Waals surface area contributed by atoms with Crippen LogP contribution in [0.4, 0.5) is 5.82 Å². The number of ether oxygens (including phenoxy) is 1. The second-order valence-electron chi connectivity index (χ2n) is 10.9. The number of anilines is 1. The average molecular weight is 646 g/mol. The van der Waals surface area contributed by atoms with Gasteiger partial charge in [-0.25, -0.2) is 23.8 Å². The molecule has 0 spiro atoms. The van der Waals surface area contributed by atoms with Crippen LogP contribution < -0.4 is 5.73 Å². The molecule has 2 aromatic heterocycles. The second-order valence-corrected chi connectivity index (χ2v) is 14.5. The van der Waals surface area contributed by atoms with Gasteiger partial charge >= 0.3 is 15.4 Å². The van der Waals surface area contributed by atoms with Gasteiger partial charge in [0.1, 0.15) is 11.8 Å². The van der Waals surface area contributed by atoms with E-state index >= 15 is 0 Å². The Morgan fingerprint density at radius 3 is 2.05 bits per heavy atom. The Balaban J connectivity index is 1.51. The second kappa shape index (κ2) is 22.0. The number of hydrogen-bond donors (Lipinski definition) is 3. The molecule has 0 aromatic carbocycles. The first-order valence-electron chi connectivity index (χ1n) is 15.9. The largest absolute Gasteiger partial charge is 0.476 e. The number of nitrogens with two attached hydrogens (primary N) is 1. The SMILES string of the molecule is CCCCCCCCCCCCCCCCOCCCOP(=O)(CCC=CCn1cnc2c(N)ncnc21)OP(=O)(O)O. The minimum Gasteiger partial charge on any atom is -0.382 e. The molecule has 12 nitrogen and oxygen atoms in total. The molecule has 1 atom stereocenters. The molecule has 0 aliphatic carbocycles. The van der Waals surface area contributed by atoms with Crippen LogP contribution >= 0.6 is 15.4 Å². The van der Waals surface area contributed by atoms with Crippen molar-refractivity contribution in [3.05, 3.63) is 24.8 Å². The molecule has 14 heteroatoms. The molecule has 0 saturated heterocycles. The van der Waals surface area contributed by atoms with Gasteiger partial charge in [-0.05, 0) is 19.3 Å². The highest BCUT2D eigenvalue weighted by molar-refractivity contribution is 7.64. The Labute approximate surface area is 257 Å². The third-order valence-electron chi connectivity index (χ3n) is 7.06. The first-order valence-corrected chi connectivity index (χ1v) is 19.1. The summed E-state index contributed by atoms with van der Waals surface area (Å²) in [5.41, 5.74) is 6.89. The van der Waals surface area contributed by atoms with Gasteiger partial charge in [-0.2, -0.15) is 0 Å². The van der Waals surface area contributed by atoms with Crippen LogP contribution in [0.25, 0.3) is 11.2 Å². The maximum atomic E-state index is 13.0. The van der Waals surface area contributed by atoms with Crippen molar-refractivity contribution in [2.75, 3.05) is 31.7 Å². The fraction of sp³-hybridized carbons (Fsp3) is 0.759. The summed E-state index contributed by atoms with van der Waals surface area (Å²) in [6.07, 6.45) is 25.3. The monoisotopic (exact) mass is 645 g/mol. The van der Waals surface area contributed by atoms with Gasteiger partial charge in [0.2, 0.25) is 0 Å². The van der Waals surface area contributed by atoms with E-state index in [9.17, 15) is 18.9 Å². The van der Waals surface area contributed by atoms with Crippen molar-refractivity contribution in [1.29, 1.82) is 0 Å². The topological polar surface area (TPSA) is 172 Å². The van der Waals surface area contributed by atoms with Crippen molar-refractivity contribution in [3.63, 3.8) is 0 Å². The quantitative estimate of drug-likeness (QED) is 0.0497. The molecule has 0 aliphatic rings. The Bertz CT molecular complexity index is 1140. The zero-order valence-corrected chi connectivity index (χ0v) is 27.6. The minimum absolute atomic E-state index is 0.0158. The van der Waals surface area contributed by atoms with Gasteiger partial charge < -0.3 is 29.3 Å². The number of rotatable bonds is 27. The highest BCUT2D eigenvalue weighted by Crippen LogP contribution is 2.60. The lowest BCUT2D eigenvalue weighted by atomic mass is 10.0. The van der Waals surface area contributed by atoms with Gasteiger partial charge in [-0.15, -0.1) is 0 Å². The number of fused-ring (bicyclic) bond motifs is 1. The van der Waals surface area contributed by atoms with Crippen LogP contribution in [0, 0.1) is 0 Å². The fourth-order valence-corrected chi connectivity index (χ4v) is 7.54. The van der Waals surface area contributed by atoms with Crippen LogP contribution in [0.1, 0.15) is 110 Å². The van der Waals surface area contributed by atoms with Crippen LogP contribution in [-0.4, -0.2) is 55.3 Å². The van der Waals surface area contributed by atoms with Gasteiger partial charge in [-0.3, -0.25) is 4.57 Å². The third-order valence-corrected chi connectivity index (χ3v) is 10.3. The van der Waals surface area contributed by atoms with Gasteiger partial charge in [0.25, 0.3) is 0 Å². The van der Waals surface area contributed by atoms with E-state index in [4.69, 9.17) is 15.0 Å². The lowest BCUT2D eigenvalue weighted by molar-refractivity contribution is 0.113. The summed E-state index contributed by atoms with van der Waals surface area (Å²) in [5.74, 6) is 0.292. The Morgan fingerprint density at radius 2 is 1.42 bits per heavy atom. The molecule has 1 unspecified atom stereocenters. The Hall–Kier alpha value is -1.65. The molecule has 0 aliphatic heterocycles. The van der Waals surface area contributed by atoms with E-state index in [1.54, 1.807) is 23.0 Å². The summed E-state index contributed by atoms with van der Waals surface area (Å²) < 4.78 is 41.7. The Kier molecular flexibility index (Phi) is 19.2. The van der Waals surface area contributed by atoms with Gasteiger partial charge in [0.05, 0.1) is 19.1 Å². The number of allylic oxidation sites excluding steroid dienone is 2. The highest BCUT2D eigenvalue weighted by atomic mass is 31.3. The summed E-state index contributed by atoms with van der Waals surface area (Å²) in [4.78, 5) is 30.7. The third kappa shape index (κ3) is 17.4. The number of nitrogen functional groups attached to an aromatic ring is 1. The van der Waals surface area contributed by atoms with Gasteiger partial charge in [0, 0.05) is 19.8 Å². The minimum atomic E-state index is -4.99. The molecule has 43 heavy (non-hydrogen) atoms. The van der Waals surface area contributed by atoms with Crippen molar-refractivity contribution in [2.24, 2.45) is 0 Å². The lowest BCUT2D eigenvalue weighted by Crippen LogP contribution is -2.04. The first kappa shape index (κ1) is 37.5. The van der Waals surface area contributed by atoms with Crippen LogP contribution in [0.3, 0.4) is 0 Å². The molecule has 0 bridgehead atoms. The predicted molar refractivity (Wildman–Crippen MR) is 171 cm³/mol. The molecular formula is C29H53N5O7P2. The molecule has 2 rings (SSSR count). The lowest BCUT2D eigenvalue weighted by Gasteiger charge is -2.18. The van der Waals surface area contributed by atoms with Gasteiger partial charge in [0.15, 0.2) is 11.5 Å². The molecule has 4 N–H and O–H groups in total. The molecule has 246 valence electrons. The zero-order chi connectivity index (χ0) is 31.2. The summed E-state index contributed by atoms with van der Waals surface area (Å²) in [5, 5.41) is 0. The van der Waals surface area contributed by atoms with E-state index in [1.165, 1.54) is 83.4 Å². The maximum Gasteiger partial charge on any atom is 0.476 e. The number of nitrogens with zero attached hydrogens (tertiary/aromatic N) is 4. The van der Waals surface area contributed by atoms with E-state index in [2.05, 4.69) is 26.2 Å². The van der Waals surface area contributed by atoms with Crippen molar-refractivity contribution < 1.29 is 32.5 Å². The molecular weight excluding hydrogens is 592 g/mol. The number of phosphoric acid groups is 1. The van der Waals surface area contributed by atoms with Crippen molar-refractivity contribution in [3.8, 4) is 0 Å². The van der Waals surface area contributed by atoms with Crippen molar-refractivity contribution in [2.45, 2.75) is 116 Å². The van der Waals surface area contributed by atoms with Crippen molar-refractivity contribution in [1.82, 2.24) is 19.5 Å². The first-order chi connectivity index (χ1) is 20.7. The normalized spacial score (nSPS) is 13.7. The number of imidazole rings is 1. The standard InChI is InChI=1S/C29H53N5O7P2/c1-2-3-4-5-6-7-8-9-10-11-12-13-14-17-21-39-22-19-23-40-42(35,41-43(36,37)38)24-18-15-16-20-34-26-33-27-28(30)31-25-32-29(27)34/h15-16,25-26H,2-14,17-24H2,1H3,(H2,30,31,32)(H2,36,37,38). The van der Waals surface area contributed by atoms with E-state index in [0.29, 0.717) is 43.2 Å². The molecule has 2 heterocycles. The summed E-state index contributed by atoms with van der Waals surface area (Å²) in [6, 6.07) is 0. The molecule has 0 amide bonds. The Morgan fingerprint density at radius 1 is 0.814 bits per heavy atom. The maximum absolute atomic E-state index is 13.0. The van der Waals surface area contributed by atoms with E-state index in [1.807, 2.05) is 0 Å². The van der Waals surface area contributed by atoms with Crippen molar-refractivity contribution >= 4 is 32.4 Å². The van der Waals surface area contributed by atoms with E-state index in [-0.39, 0.29) is 19.2 Å². The van der Waals surface area contributed by atoms with Crippen LogP contribution in [-0.2, 0) is 29.2 Å². The number of hydrogen-bond acceptors (Lipinski definition) is 9. The van der Waals surface area contributed by atoms with Crippen LogP contribution in [0.2, 0.25) is 0 Å². The molecule has 0 saturated carbocycles. The number of aromatic nitrogens is 4. The van der Waals surface area contributed by atoms with Crippen LogP contribution in [0.15, 0.2) is 24.8 Å². The van der Waals surface area contributed by atoms with Crippen LogP contribution in [0.5, 0.6) is 0 Å². The molecule has 0 radical (unpaired) electrons. The van der Waals surface area contributed by atoms with E-state index < -0.39 is 15.4 Å². The fourth-order valence-electron chi connectivity index (χ4n) is 4.73. The highest BCUT2D eigenvalue weighted by Gasteiger charge is 2.33. The number of unbranched alkanes of at least 4 members (excludes halogenated alkanes) is 13. The zero-order valence-electron chi connectivity index (χ0n) is 25.9. The average Bonchev–Trinajstić information content (AvgIpc) is 3.37.